The predicted octanol–water partition coefficient (Wildman–Crippen LogP) is 3.28. The molecule has 35 heavy (non-hydrogen) atoms. The van der Waals surface area contributed by atoms with Crippen molar-refractivity contribution in [2.75, 3.05) is 13.7 Å². The van der Waals surface area contributed by atoms with E-state index in [4.69, 9.17) is 9.47 Å². The number of carbonyl (C=O) groups excluding carboxylic acids is 4. The van der Waals surface area contributed by atoms with Crippen LogP contribution in [0.1, 0.15) is 37.3 Å². The van der Waals surface area contributed by atoms with Crippen LogP contribution in [0.5, 0.6) is 0 Å². The van der Waals surface area contributed by atoms with Gasteiger partial charge in [0, 0.05) is 18.9 Å². The smallest absolute Gasteiger partial charge is 0.408 e. The summed E-state index contributed by atoms with van der Waals surface area (Å²) < 4.78 is 10.1. The molecule has 8 nitrogen and oxygen atoms in total. The van der Waals surface area contributed by atoms with Crippen LogP contribution in [0.4, 0.5) is 4.79 Å². The number of benzene rings is 2. The Morgan fingerprint density at radius 1 is 1.00 bits per heavy atom. The lowest BCUT2D eigenvalue weighted by Crippen LogP contribution is -2.46. The summed E-state index contributed by atoms with van der Waals surface area (Å²) in [6.07, 6.45) is 0.754. The average molecular weight is 481 g/mol. The van der Waals surface area contributed by atoms with E-state index >= 15 is 0 Å². The van der Waals surface area contributed by atoms with E-state index in [1.807, 2.05) is 60.7 Å². The Bertz CT molecular complexity index is 1010. The summed E-state index contributed by atoms with van der Waals surface area (Å²) in [5.74, 6) is -1.64. The summed E-state index contributed by atoms with van der Waals surface area (Å²) in [6, 6.07) is 17.1. The molecule has 1 heterocycles. The zero-order valence-corrected chi connectivity index (χ0v) is 20.1. The molecule has 0 bridgehead atoms. The second-order valence-corrected chi connectivity index (χ2v) is 8.73. The van der Waals surface area contributed by atoms with E-state index in [1.54, 1.807) is 6.92 Å². The molecule has 0 radical (unpaired) electrons. The maximum Gasteiger partial charge on any atom is 0.408 e. The monoisotopic (exact) mass is 480 g/mol. The van der Waals surface area contributed by atoms with Crippen molar-refractivity contribution in [3.63, 3.8) is 0 Å². The fourth-order valence-electron chi connectivity index (χ4n) is 4.23. The molecule has 1 saturated heterocycles. The van der Waals surface area contributed by atoms with E-state index in [1.165, 1.54) is 12.0 Å². The quantitative estimate of drug-likeness (QED) is 0.524. The number of esters is 1. The molecule has 3 rings (SSSR count). The fourth-order valence-corrected chi connectivity index (χ4v) is 4.23. The van der Waals surface area contributed by atoms with E-state index in [9.17, 15) is 19.2 Å². The summed E-state index contributed by atoms with van der Waals surface area (Å²) in [5.41, 5.74) is 1.71. The minimum Gasteiger partial charge on any atom is -0.467 e. The third-order valence-electron chi connectivity index (χ3n) is 6.11. The molecule has 0 saturated carbocycles. The van der Waals surface area contributed by atoms with Crippen LogP contribution in [-0.2, 0) is 36.9 Å². The summed E-state index contributed by atoms with van der Waals surface area (Å²) in [6.45, 7) is 2.20. The minimum atomic E-state index is -0.856. The first-order chi connectivity index (χ1) is 16.9. The number of ketones is 1. The van der Waals surface area contributed by atoms with Crippen LogP contribution in [0.3, 0.4) is 0 Å². The number of hydrogen-bond donors (Lipinski definition) is 1. The zero-order valence-electron chi connectivity index (χ0n) is 20.1. The van der Waals surface area contributed by atoms with Gasteiger partial charge in [0.1, 0.15) is 12.6 Å². The van der Waals surface area contributed by atoms with Crippen molar-refractivity contribution in [3.8, 4) is 0 Å². The van der Waals surface area contributed by atoms with Gasteiger partial charge in [0.15, 0.2) is 5.78 Å². The van der Waals surface area contributed by atoms with Crippen molar-refractivity contribution in [1.82, 2.24) is 10.2 Å². The van der Waals surface area contributed by atoms with Crippen molar-refractivity contribution in [2.24, 2.45) is 5.92 Å². The van der Waals surface area contributed by atoms with Crippen molar-refractivity contribution in [2.45, 2.75) is 51.3 Å². The number of methoxy groups -OCH3 is 1. The number of Topliss-reactive ketones (excluding diaryl/α,β-unsaturated/α-hetero) is 1. The zero-order chi connectivity index (χ0) is 25.2. The number of amides is 2. The fraction of sp³-hybridized carbons (Fsp3) is 0.407. The molecule has 0 spiro atoms. The first kappa shape index (κ1) is 25.9. The van der Waals surface area contributed by atoms with Crippen LogP contribution in [0.25, 0.3) is 0 Å². The molecular formula is C27H32N2O6. The van der Waals surface area contributed by atoms with Gasteiger partial charge in [-0.25, -0.2) is 9.59 Å². The number of nitrogens with one attached hydrogen (secondary N) is 1. The highest BCUT2D eigenvalue weighted by Gasteiger charge is 2.37. The molecule has 2 aromatic rings. The summed E-state index contributed by atoms with van der Waals surface area (Å²) in [7, 11) is 1.30. The molecule has 1 fully saturated rings. The first-order valence-electron chi connectivity index (χ1n) is 11.8. The molecule has 186 valence electrons. The van der Waals surface area contributed by atoms with Crippen LogP contribution in [-0.4, -0.2) is 54.4 Å². The molecule has 2 amide bonds. The molecule has 0 unspecified atom stereocenters. The minimum absolute atomic E-state index is 0.0698. The normalized spacial score (nSPS) is 16.7. The summed E-state index contributed by atoms with van der Waals surface area (Å²) >= 11 is 0. The van der Waals surface area contributed by atoms with Crippen molar-refractivity contribution < 1.29 is 28.7 Å². The number of alkyl carbamates (subject to hydrolysis) is 1. The Morgan fingerprint density at radius 3 is 2.26 bits per heavy atom. The Labute approximate surface area is 205 Å². The number of hydrogen-bond acceptors (Lipinski definition) is 6. The molecule has 3 atom stereocenters. The number of likely N-dealkylation sites (tertiary alicyclic amines) is 1. The number of nitrogens with zero attached hydrogens (tertiary/aromatic N) is 1. The van der Waals surface area contributed by atoms with E-state index < -0.39 is 30.1 Å². The van der Waals surface area contributed by atoms with E-state index in [0.29, 0.717) is 19.4 Å². The van der Waals surface area contributed by atoms with Gasteiger partial charge in [-0.15, -0.1) is 0 Å². The number of carbonyl (C=O) groups is 4. The second kappa shape index (κ2) is 12.7. The average Bonchev–Trinajstić information content (AvgIpc) is 3.37. The Morgan fingerprint density at radius 2 is 1.63 bits per heavy atom. The largest absolute Gasteiger partial charge is 0.467 e. The lowest BCUT2D eigenvalue weighted by Gasteiger charge is -2.26. The highest BCUT2D eigenvalue weighted by atomic mass is 16.5. The Hall–Kier alpha value is -3.68. The van der Waals surface area contributed by atoms with Crippen molar-refractivity contribution in [1.29, 1.82) is 0 Å². The van der Waals surface area contributed by atoms with Crippen molar-refractivity contribution in [3.05, 3.63) is 71.8 Å². The van der Waals surface area contributed by atoms with Gasteiger partial charge in [0.05, 0.1) is 13.2 Å². The third kappa shape index (κ3) is 7.40. The molecule has 1 aliphatic heterocycles. The van der Waals surface area contributed by atoms with Gasteiger partial charge >= 0.3 is 12.1 Å². The second-order valence-electron chi connectivity index (χ2n) is 8.73. The highest BCUT2D eigenvalue weighted by Crippen LogP contribution is 2.22. The standard InChI is InChI=1S/C27H32N2O6/c1-19(25(31)29-15-9-14-23(29)26(32)34-2)16-24(30)22(17-20-10-5-3-6-11-20)28-27(33)35-18-21-12-7-4-8-13-21/h3-8,10-13,19,22-23H,9,14-18H2,1-2H3,(H,28,33)/t19-,22+,23-/m0/s1. The van der Waals surface area contributed by atoms with E-state index in [-0.39, 0.29) is 31.1 Å². The van der Waals surface area contributed by atoms with Gasteiger partial charge in [-0.1, -0.05) is 67.6 Å². The van der Waals surface area contributed by atoms with Crippen LogP contribution < -0.4 is 5.32 Å². The van der Waals surface area contributed by atoms with Gasteiger partial charge in [-0.05, 0) is 30.4 Å². The first-order valence-corrected chi connectivity index (χ1v) is 11.8. The van der Waals surface area contributed by atoms with E-state index in [2.05, 4.69) is 5.32 Å². The lowest BCUT2D eigenvalue weighted by atomic mass is 9.94. The molecule has 0 aliphatic carbocycles. The molecule has 8 heteroatoms. The van der Waals surface area contributed by atoms with Gasteiger partial charge in [0.25, 0.3) is 0 Å². The summed E-state index contributed by atoms with van der Waals surface area (Å²) in [4.78, 5) is 52.3. The van der Waals surface area contributed by atoms with Crippen LogP contribution in [0, 0.1) is 5.92 Å². The predicted molar refractivity (Wildman–Crippen MR) is 129 cm³/mol. The Kier molecular flexibility index (Phi) is 9.40. The molecule has 0 aromatic heterocycles. The lowest BCUT2D eigenvalue weighted by molar-refractivity contribution is -0.152. The molecule has 2 aromatic carbocycles. The SMILES string of the molecule is COC(=O)[C@@H]1CCCN1C(=O)[C@@H](C)CC(=O)[C@@H](Cc1ccccc1)NC(=O)OCc1ccccc1. The summed E-state index contributed by atoms with van der Waals surface area (Å²) in [5, 5.41) is 2.68. The van der Waals surface area contributed by atoms with Gasteiger partial charge < -0.3 is 19.7 Å². The highest BCUT2D eigenvalue weighted by molar-refractivity contribution is 5.93. The van der Waals surface area contributed by atoms with Crippen LogP contribution in [0.15, 0.2) is 60.7 Å². The topological polar surface area (TPSA) is 102 Å². The van der Waals surface area contributed by atoms with Crippen LogP contribution in [0.2, 0.25) is 0 Å². The number of ether oxygens (including phenoxy) is 2. The van der Waals surface area contributed by atoms with E-state index in [0.717, 1.165) is 11.1 Å². The third-order valence-corrected chi connectivity index (χ3v) is 6.11. The molecule has 1 aliphatic rings. The maximum absolute atomic E-state index is 13.2. The van der Waals surface area contributed by atoms with Crippen LogP contribution >= 0.6 is 0 Å². The van der Waals surface area contributed by atoms with Gasteiger partial charge in [-0.2, -0.15) is 0 Å². The maximum atomic E-state index is 13.2. The molecule has 1 N–H and O–H groups in total. The van der Waals surface area contributed by atoms with Gasteiger partial charge in [0.2, 0.25) is 5.91 Å². The molecular weight excluding hydrogens is 448 g/mol. The van der Waals surface area contributed by atoms with Crippen molar-refractivity contribution >= 4 is 23.8 Å². The Balaban J connectivity index is 1.64. The van der Waals surface area contributed by atoms with Gasteiger partial charge in [-0.3, -0.25) is 9.59 Å². The number of rotatable bonds is 10.